The second-order valence-electron chi connectivity index (χ2n) is 4.54. The molecule has 0 amide bonds. The van der Waals surface area contributed by atoms with E-state index >= 15 is 0 Å². The molecule has 1 aliphatic rings. The molecule has 1 aliphatic carbocycles. The summed E-state index contributed by atoms with van der Waals surface area (Å²) in [6, 6.07) is 0.550. The first-order chi connectivity index (χ1) is 8.06. The summed E-state index contributed by atoms with van der Waals surface area (Å²) in [7, 11) is 0. The van der Waals surface area contributed by atoms with Gasteiger partial charge in [0, 0.05) is 12.6 Å². The SMILES string of the molecule is CCN(c1nnc(C)c(C)c1C(=N)N)C1CC1. The summed E-state index contributed by atoms with van der Waals surface area (Å²) in [6.07, 6.45) is 2.39. The number of anilines is 1. The van der Waals surface area contributed by atoms with Crippen LogP contribution in [0.25, 0.3) is 0 Å². The quantitative estimate of drug-likeness (QED) is 0.608. The smallest absolute Gasteiger partial charge is 0.162 e. The molecular formula is C12H19N5. The Balaban J connectivity index is 2.51. The topological polar surface area (TPSA) is 78.9 Å². The molecule has 2 rings (SSSR count). The Bertz CT molecular complexity index is 450. The van der Waals surface area contributed by atoms with E-state index in [0.29, 0.717) is 6.04 Å². The van der Waals surface area contributed by atoms with Gasteiger partial charge in [-0.05, 0) is 39.2 Å². The number of nitrogens with zero attached hydrogens (tertiary/aromatic N) is 3. The normalized spacial score (nSPS) is 14.8. The fourth-order valence-corrected chi connectivity index (χ4v) is 2.09. The van der Waals surface area contributed by atoms with Gasteiger partial charge in [-0.25, -0.2) is 0 Å². The monoisotopic (exact) mass is 233 g/mol. The van der Waals surface area contributed by atoms with Crippen molar-refractivity contribution in [3.8, 4) is 0 Å². The lowest BCUT2D eigenvalue weighted by Crippen LogP contribution is -2.30. The van der Waals surface area contributed by atoms with E-state index in [9.17, 15) is 0 Å². The molecule has 92 valence electrons. The lowest BCUT2D eigenvalue weighted by molar-refractivity contribution is 0.782. The number of nitrogens with two attached hydrogens (primary N) is 1. The van der Waals surface area contributed by atoms with Crippen LogP contribution in [0.1, 0.15) is 36.6 Å². The van der Waals surface area contributed by atoms with Crippen LogP contribution in [0, 0.1) is 19.3 Å². The number of rotatable bonds is 4. The predicted molar refractivity (Wildman–Crippen MR) is 68.6 cm³/mol. The molecular weight excluding hydrogens is 214 g/mol. The van der Waals surface area contributed by atoms with Crippen LogP contribution in [-0.4, -0.2) is 28.6 Å². The van der Waals surface area contributed by atoms with Crippen LogP contribution in [0.2, 0.25) is 0 Å². The van der Waals surface area contributed by atoms with Gasteiger partial charge in [-0.2, -0.15) is 5.10 Å². The molecule has 0 unspecified atom stereocenters. The summed E-state index contributed by atoms with van der Waals surface area (Å²) in [6.45, 7) is 6.82. The van der Waals surface area contributed by atoms with E-state index in [-0.39, 0.29) is 5.84 Å². The minimum atomic E-state index is 0.0783. The van der Waals surface area contributed by atoms with Gasteiger partial charge >= 0.3 is 0 Å². The summed E-state index contributed by atoms with van der Waals surface area (Å²) >= 11 is 0. The van der Waals surface area contributed by atoms with Crippen molar-refractivity contribution in [3.63, 3.8) is 0 Å². The van der Waals surface area contributed by atoms with Crippen molar-refractivity contribution < 1.29 is 0 Å². The second-order valence-corrected chi connectivity index (χ2v) is 4.54. The number of aryl methyl sites for hydroxylation is 1. The number of nitrogen functional groups attached to an aromatic ring is 1. The minimum Gasteiger partial charge on any atom is -0.384 e. The van der Waals surface area contributed by atoms with Gasteiger partial charge in [-0.3, -0.25) is 5.41 Å². The van der Waals surface area contributed by atoms with E-state index in [4.69, 9.17) is 11.1 Å². The molecule has 0 aliphatic heterocycles. The lowest BCUT2D eigenvalue weighted by atomic mass is 10.1. The molecule has 1 aromatic rings. The van der Waals surface area contributed by atoms with Crippen molar-refractivity contribution >= 4 is 11.7 Å². The number of nitrogens with one attached hydrogen (secondary N) is 1. The van der Waals surface area contributed by atoms with Gasteiger partial charge in [0.2, 0.25) is 0 Å². The standard InChI is InChI=1S/C12H19N5/c1-4-17(9-5-6-9)12-10(11(13)14)7(2)8(3)15-16-12/h9H,4-6H2,1-3H3,(H3,13,14). The summed E-state index contributed by atoms with van der Waals surface area (Å²) in [4.78, 5) is 2.20. The maximum atomic E-state index is 7.73. The molecule has 3 N–H and O–H groups in total. The zero-order valence-electron chi connectivity index (χ0n) is 10.6. The van der Waals surface area contributed by atoms with Gasteiger partial charge in [0.15, 0.2) is 5.82 Å². The molecule has 1 heterocycles. The molecule has 0 radical (unpaired) electrons. The highest BCUT2D eigenvalue weighted by Gasteiger charge is 2.31. The van der Waals surface area contributed by atoms with Crippen molar-refractivity contribution in [2.45, 2.75) is 39.7 Å². The first-order valence-corrected chi connectivity index (χ1v) is 6.01. The fourth-order valence-electron chi connectivity index (χ4n) is 2.09. The number of hydrogen-bond acceptors (Lipinski definition) is 4. The van der Waals surface area contributed by atoms with Gasteiger partial charge < -0.3 is 10.6 Å². The summed E-state index contributed by atoms with van der Waals surface area (Å²) in [5.41, 5.74) is 8.23. The molecule has 1 saturated carbocycles. The van der Waals surface area contributed by atoms with E-state index in [2.05, 4.69) is 22.0 Å². The van der Waals surface area contributed by atoms with Gasteiger partial charge in [0.05, 0.1) is 11.3 Å². The Morgan fingerprint density at radius 2 is 2.06 bits per heavy atom. The lowest BCUT2D eigenvalue weighted by Gasteiger charge is -2.24. The Kier molecular flexibility index (Phi) is 3.00. The van der Waals surface area contributed by atoms with E-state index in [0.717, 1.165) is 29.2 Å². The van der Waals surface area contributed by atoms with Crippen molar-refractivity contribution in [1.82, 2.24) is 10.2 Å². The van der Waals surface area contributed by atoms with E-state index in [1.807, 2.05) is 13.8 Å². The van der Waals surface area contributed by atoms with E-state index in [1.165, 1.54) is 12.8 Å². The third-order valence-electron chi connectivity index (χ3n) is 3.31. The number of hydrogen-bond donors (Lipinski definition) is 2. The number of aromatic nitrogens is 2. The Morgan fingerprint density at radius 3 is 2.53 bits per heavy atom. The van der Waals surface area contributed by atoms with Crippen LogP contribution in [0.4, 0.5) is 5.82 Å². The fraction of sp³-hybridized carbons (Fsp3) is 0.583. The highest BCUT2D eigenvalue weighted by molar-refractivity contribution is 6.01. The van der Waals surface area contributed by atoms with Gasteiger partial charge in [0.25, 0.3) is 0 Å². The van der Waals surface area contributed by atoms with Crippen LogP contribution < -0.4 is 10.6 Å². The first-order valence-electron chi connectivity index (χ1n) is 6.01. The second kappa shape index (κ2) is 4.31. The first kappa shape index (κ1) is 11.8. The van der Waals surface area contributed by atoms with Crippen molar-refractivity contribution in [2.75, 3.05) is 11.4 Å². The third-order valence-corrected chi connectivity index (χ3v) is 3.31. The Morgan fingerprint density at radius 1 is 1.41 bits per heavy atom. The molecule has 1 aromatic heterocycles. The average Bonchev–Trinajstić information content (AvgIpc) is 3.08. The summed E-state index contributed by atoms with van der Waals surface area (Å²) in [5, 5.41) is 16.1. The Hall–Kier alpha value is -1.65. The van der Waals surface area contributed by atoms with Crippen LogP contribution in [0.15, 0.2) is 0 Å². The van der Waals surface area contributed by atoms with E-state index in [1.54, 1.807) is 0 Å². The maximum absolute atomic E-state index is 7.73. The van der Waals surface area contributed by atoms with Crippen molar-refractivity contribution in [3.05, 3.63) is 16.8 Å². The molecule has 0 saturated heterocycles. The molecule has 0 aromatic carbocycles. The summed E-state index contributed by atoms with van der Waals surface area (Å²) < 4.78 is 0. The summed E-state index contributed by atoms with van der Waals surface area (Å²) in [5.74, 6) is 0.847. The highest BCUT2D eigenvalue weighted by atomic mass is 15.3. The molecule has 5 nitrogen and oxygen atoms in total. The molecule has 0 bridgehead atoms. The molecule has 5 heteroatoms. The zero-order valence-corrected chi connectivity index (χ0v) is 10.6. The molecule has 0 spiro atoms. The average molecular weight is 233 g/mol. The van der Waals surface area contributed by atoms with Gasteiger partial charge in [0.1, 0.15) is 5.84 Å². The Labute approximate surface area is 102 Å². The van der Waals surface area contributed by atoms with Crippen LogP contribution >= 0.6 is 0 Å². The zero-order chi connectivity index (χ0) is 12.6. The molecule has 1 fully saturated rings. The van der Waals surface area contributed by atoms with Gasteiger partial charge in [-0.1, -0.05) is 0 Å². The predicted octanol–water partition coefficient (Wildman–Crippen LogP) is 1.37. The third kappa shape index (κ3) is 2.09. The van der Waals surface area contributed by atoms with Gasteiger partial charge in [-0.15, -0.1) is 5.10 Å². The largest absolute Gasteiger partial charge is 0.384 e. The number of amidine groups is 1. The van der Waals surface area contributed by atoms with Crippen LogP contribution in [-0.2, 0) is 0 Å². The maximum Gasteiger partial charge on any atom is 0.162 e. The van der Waals surface area contributed by atoms with Crippen LogP contribution in [0.5, 0.6) is 0 Å². The highest BCUT2D eigenvalue weighted by Crippen LogP contribution is 2.32. The minimum absolute atomic E-state index is 0.0783. The molecule has 17 heavy (non-hydrogen) atoms. The van der Waals surface area contributed by atoms with Crippen molar-refractivity contribution in [1.29, 1.82) is 5.41 Å². The van der Waals surface area contributed by atoms with Crippen molar-refractivity contribution in [2.24, 2.45) is 5.73 Å². The van der Waals surface area contributed by atoms with E-state index < -0.39 is 0 Å². The van der Waals surface area contributed by atoms with Crippen LogP contribution in [0.3, 0.4) is 0 Å². The molecule has 0 atom stereocenters.